The number of esters is 1. The summed E-state index contributed by atoms with van der Waals surface area (Å²) in [7, 11) is 0. The van der Waals surface area contributed by atoms with Gasteiger partial charge in [-0.05, 0) is 30.9 Å². The first kappa shape index (κ1) is 19.0. The Morgan fingerprint density at radius 1 is 1.40 bits per heavy atom. The van der Waals surface area contributed by atoms with Crippen molar-refractivity contribution in [3.05, 3.63) is 33.9 Å². The second-order valence-electron chi connectivity index (χ2n) is 5.87. The predicted molar refractivity (Wildman–Crippen MR) is 81.4 cm³/mol. The van der Waals surface area contributed by atoms with Crippen LogP contribution in [-0.2, 0) is 9.53 Å². The van der Waals surface area contributed by atoms with Gasteiger partial charge in [-0.2, -0.15) is 13.2 Å². The molecule has 0 aromatic heterocycles. The van der Waals surface area contributed by atoms with E-state index in [9.17, 15) is 28.1 Å². The van der Waals surface area contributed by atoms with E-state index < -0.39 is 41.0 Å². The predicted octanol–water partition coefficient (Wildman–Crippen LogP) is 3.98. The third-order valence-electron chi connectivity index (χ3n) is 3.81. The molecule has 1 aliphatic rings. The molecule has 9 heteroatoms. The summed E-state index contributed by atoms with van der Waals surface area (Å²) in [6.45, 7) is 0.175. The number of hydrogen-bond donors (Lipinski definition) is 0. The first-order valence-corrected chi connectivity index (χ1v) is 7.85. The van der Waals surface area contributed by atoms with Crippen LogP contribution in [0.4, 0.5) is 18.9 Å². The molecule has 1 aromatic carbocycles. The normalized spacial score (nSPS) is 15.5. The van der Waals surface area contributed by atoms with E-state index in [1.165, 1.54) is 6.07 Å². The Labute approximate surface area is 142 Å². The van der Waals surface area contributed by atoms with Crippen LogP contribution in [0.1, 0.15) is 37.7 Å². The summed E-state index contributed by atoms with van der Waals surface area (Å²) in [6, 6.07) is 3.55. The number of nitro groups is 1. The fourth-order valence-electron chi connectivity index (χ4n) is 2.47. The highest BCUT2D eigenvalue weighted by atomic mass is 19.4. The Kier molecular flexibility index (Phi) is 5.86. The molecular weight excluding hydrogens is 343 g/mol. The van der Waals surface area contributed by atoms with Crippen LogP contribution in [0.3, 0.4) is 0 Å². The molecule has 0 radical (unpaired) electrons. The van der Waals surface area contributed by atoms with Gasteiger partial charge in [0.1, 0.15) is 0 Å². The van der Waals surface area contributed by atoms with Crippen molar-refractivity contribution in [2.75, 3.05) is 13.2 Å². The zero-order chi connectivity index (χ0) is 18.6. The Bertz CT molecular complexity index is 643. The Hall–Kier alpha value is -2.32. The number of carbonyl (C=O) groups is 1. The minimum atomic E-state index is -4.63. The Morgan fingerprint density at radius 2 is 2.08 bits per heavy atom. The molecule has 1 atom stereocenters. The zero-order valence-corrected chi connectivity index (χ0v) is 13.5. The number of halogens is 3. The van der Waals surface area contributed by atoms with Crippen molar-refractivity contribution < 1.29 is 32.4 Å². The maximum absolute atomic E-state index is 12.4. The Balaban J connectivity index is 2.30. The standard InChI is InChI=1S/C16H18F3NO5/c1-2-24-15(21)12(7-10-3-4-10)11-5-6-13(20(22)23)14(8-11)25-9-16(17,18)19/h5-6,8,10,12H,2-4,7,9H2,1H3. The summed E-state index contributed by atoms with van der Waals surface area (Å²) in [5.74, 6) is -1.33. The van der Waals surface area contributed by atoms with E-state index in [4.69, 9.17) is 4.74 Å². The molecule has 0 bridgehead atoms. The zero-order valence-electron chi connectivity index (χ0n) is 13.5. The molecule has 1 unspecified atom stereocenters. The lowest BCUT2D eigenvalue weighted by atomic mass is 9.93. The van der Waals surface area contributed by atoms with Crippen LogP contribution in [0, 0.1) is 16.0 Å². The number of nitrogens with zero attached hydrogens (tertiary/aromatic N) is 1. The SMILES string of the molecule is CCOC(=O)C(CC1CC1)c1ccc([N+](=O)[O-])c(OCC(F)(F)F)c1. The summed E-state index contributed by atoms with van der Waals surface area (Å²) in [4.78, 5) is 22.4. The fraction of sp³-hybridized carbons (Fsp3) is 0.562. The van der Waals surface area contributed by atoms with E-state index in [0.717, 1.165) is 25.0 Å². The molecule has 0 aliphatic heterocycles. The van der Waals surface area contributed by atoms with Crippen LogP contribution < -0.4 is 4.74 Å². The van der Waals surface area contributed by atoms with Crippen LogP contribution in [0.15, 0.2) is 18.2 Å². The maximum Gasteiger partial charge on any atom is 0.422 e. The van der Waals surface area contributed by atoms with Gasteiger partial charge >= 0.3 is 17.8 Å². The topological polar surface area (TPSA) is 78.7 Å². The van der Waals surface area contributed by atoms with Gasteiger partial charge in [0.05, 0.1) is 17.4 Å². The second-order valence-corrected chi connectivity index (χ2v) is 5.87. The van der Waals surface area contributed by atoms with Crippen LogP contribution in [0.2, 0.25) is 0 Å². The van der Waals surface area contributed by atoms with Crippen molar-refractivity contribution in [3.63, 3.8) is 0 Å². The van der Waals surface area contributed by atoms with Crippen LogP contribution >= 0.6 is 0 Å². The summed E-state index contributed by atoms with van der Waals surface area (Å²) >= 11 is 0. The third kappa shape index (κ3) is 5.61. The highest BCUT2D eigenvalue weighted by Gasteiger charge is 2.34. The molecule has 0 amide bonds. The van der Waals surface area contributed by atoms with Gasteiger partial charge in [-0.1, -0.05) is 18.9 Å². The highest BCUT2D eigenvalue weighted by Crippen LogP contribution is 2.41. The van der Waals surface area contributed by atoms with Gasteiger partial charge in [-0.15, -0.1) is 0 Å². The minimum Gasteiger partial charge on any atom is -0.477 e. The molecule has 0 heterocycles. The van der Waals surface area contributed by atoms with Crippen molar-refractivity contribution in [3.8, 4) is 5.75 Å². The van der Waals surface area contributed by atoms with Crippen LogP contribution in [-0.4, -0.2) is 30.3 Å². The minimum absolute atomic E-state index is 0.171. The average Bonchev–Trinajstić information content (AvgIpc) is 3.33. The summed E-state index contributed by atoms with van der Waals surface area (Å²) in [5, 5.41) is 11.0. The molecule has 6 nitrogen and oxygen atoms in total. The highest BCUT2D eigenvalue weighted by molar-refractivity contribution is 5.78. The molecule has 25 heavy (non-hydrogen) atoms. The first-order valence-electron chi connectivity index (χ1n) is 7.85. The fourth-order valence-corrected chi connectivity index (χ4v) is 2.47. The number of rotatable bonds is 8. The monoisotopic (exact) mass is 361 g/mol. The van der Waals surface area contributed by atoms with E-state index in [-0.39, 0.29) is 6.61 Å². The van der Waals surface area contributed by atoms with Gasteiger partial charge in [0.15, 0.2) is 12.4 Å². The van der Waals surface area contributed by atoms with E-state index in [2.05, 4.69) is 4.74 Å². The van der Waals surface area contributed by atoms with Crippen molar-refractivity contribution in [2.24, 2.45) is 5.92 Å². The van der Waals surface area contributed by atoms with Crippen LogP contribution in [0.25, 0.3) is 0 Å². The van der Waals surface area contributed by atoms with Crippen molar-refractivity contribution >= 4 is 11.7 Å². The third-order valence-corrected chi connectivity index (χ3v) is 3.81. The molecule has 138 valence electrons. The van der Waals surface area contributed by atoms with Gasteiger partial charge in [-0.3, -0.25) is 14.9 Å². The van der Waals surface area contributed by atoms with E-state index in [0.29, 0.717) is 17.9 Å². The van der Waals surface area contributed by atoms with E-state index in [1.807, 2.05) is 0 Å². The molecular formula is C16H18F3NO5. The summed E-state index contributed by atoms with van der Waals surface area (Å²) in [6.07, 6.45) is -2.19. The van der Waals surface area contributed by atoms with Gasteiger partial charge in [0.25, 0.3) is 0 Å². The van der Waals surface area contributed by atoms with Crippen molar-refractivity contribution in [2.45, 2.75) is 38.3 Å². The Morgan fingerprint density at radius 3 is 2.60 bits per heavy atom. The molecule has 1 saturated carbocycles. The number of nitro benzene ring substituents is 1. The van der Waals surface area contributed by atoms with Gasteiger partial charge < -0.3 is 9.47 Å². The lowest BCUT2D eigenvalue weighted by molar-refractivity contribution is -0.386. The number of hydrogen-bond acceptors (Lipinski definition) is 5. The van der Waals surface area contributed by atoms with E-state index in [1.54, 1.807) is 6.92 Å². The number of alkyl halides is 3. The molecule has 0 N–H and O–H groups in total. The molecule has 1 aliphatic carbocycles. The number of carbonyl (C=O) groups excluding carboxylic acids is 1. The van der Waals surface area contributed by atoms with Gasteiger partial charge in [0, 0.05) is 6.07 Å². The summed E-state index contributed by atoms with van der Waals surface area (Å²) < 4.78 is 46.7. The molecule has 1 aromatic rings. The first-order chi connectivity index (χ1) is 11.7. The summed E-state index contributed by atoms with van der Waals surface area (Å²) in [5.41, 5.74) is -0.227. The molecule has 0 spiro atoms. The molecule has 0 saturated heterocycles. The van der Waals surface area contributed by atoms with Crippen molar-refractivity contribution in [1.29, 1.82) is 0 Å². The molecule has 1 fully saturated rings. The molecule has 2 rings (SSSR count). The quantitative estimate of drug-likeness (QED) is 0.397. The van der Waals surface area contributed by atoms with Gasteiger partial charge in [-0.25, -0.2) is 0 Å². The smallest absolute Gasteiger partial charge is 0.422 e. The lowest BCUT2D eigenvalue weighted by Gasteiger charge is -2.17. The number of ether oxygens (including phenoxy) is 2. The maximum atomic E-state index is 12.4. The second kappa shape index (κ2) is 7.71. The lowest BCUT2D eigenvalue weighted by Crippen LogP contribution is -2.20. The van der Waals surface area contributed by atoms with Crippen molar-refractivity contribution in [1.82, 2.24) is 0 Å². The van der Waals surface area contributed by atoms with Gasteiger partial charge in [0.2, 0.25) is 0 Å². The largest absolute Gasteiger partial charge is 0.477 e. The average molecular weight is 361 g/mol. The van der Waals surface area contributed by atoms with E-state index >= 15 is 0 Å². The number of benzene rings is 1. The van der Waals surface area contributed by atoms with Crippen LogP contribution in [0.5, 0.6) is 5.75 Å².